The zero-order valence-corrected chi connectivity index (χ0v) is 11.2. The van der Waals surface area contributed by atoms with E-state index < -0.39 is 0 Å². The maximum atomic E-state index is 5.58. The minimum atomic E-state index is 0. The molecule has 0 N–H and O–H groups in total. The third-order valence-corrected chi connectivity index (χ3v) is 4.31. The molecule has 1 nitrogen and oxygen atoms in total. The first-order valence-corrected chi connectivity index (χ1v) is 6.86. The van der Waals surface area contributed by atoms with Crippen LogP contribution in [-0.2, 0) is 25.2 Å². The third kappa shape index (κ3) is 5.77. The zero-order valence-electron chi connectivity index (χ0n) is 7.33. The summed E-state index contributed by atoms with van der Waals surface area (Å²) in [6.07, 6.45) is 5.18. The summed E-state index contributed by atoms with van der Waals surface area (Å²) < 4.78 is 5.58. The van der Waals surface area contributed by atoms with Gasteiger partial charge in [-0.25, -0.2) is 5.73 Å². The molecule has 1 aliphatic heterocycles. The molecule has 0 unspecified atom stereocenters. The SMILES string of the molecule is SCCC[SiH2][C-]1CCCCO1.[Pd]. The average Bonchev–Trinajstić information content (AvgIpc) is 2.07. The normalized spacial score (nSPS) is 19.8. The van der Waals surface area contributed by atoms with Crippen molar-refractivity contribution in [2.45, 2.75) is 31.7 Å². The van der Waals surface area contributed by atoms with Gasteiger partial charge >= 0.3 is 0 Å². The summed E-state index contributed by atoms with van der Waals surface area (Å²) in [5, 5.41) is 0. The smallest absolute Gasteiger partial charge is 0.0111 e. The largest absolute Gasteiger partial charge is 0.551 e. The van der Waals surface area contributed by atoms with Gasteiger partial charge in [0.05, 0.1) is 0 Å². The minimum absolute atomic E-state index is 0. The third-order valence-electron chi connectivity index (χ3n) is 2.02. The van der Waals surface area contributed by atoms with Crippen molar-refractivity contribution in [1.29, 1.82) is 0 Å². The molecule has 1 saturated heterocycles. The van der Waals surface area contributed by atoms with Crippen LogP contribution in [0.15, 0.2) is 0 Å². The molecule has 4 heteroatoms. The molecule has 0 aromatic rings. The molecule has 1 fully saturated rings. The molecule has 0 aromatic heterocycles. The molecule has 0 radical (unpaired) electrons. The second-order valence-electron chi connectivity index (χ2n) is 3.02. The van der Waals surface area contributed by atoms with Gasteiger partial charge < -0.3 is 4.74 Å². The Bertz CT molecular complexity index is 99.1. The fourth-order valence-electron chi connectivity index (χ4n) is 1.34. The van der Waals surface area contributed by atoms with E-state index in [1.807, 2.05) is 0 Å². The molecule has 0 atom stereocenters. The van der Waals surface area contributed by atoms with Crippen molar-refractivity contribution in [2.24, 2.45) is 0 Å². The Kier molecular flexibility index (Phi) is 9.64. The average molecular weight is 296 g/mol. The van der Waals surface area contributed by atoms with Gasteiger partial charge in [0.2, 0.25) is 0 Å². The summed E-state index contributed by atoms with van der Waals surface area (Å²) in [4.78, 5) is 0. The van der Waals surface area contributed by atoms with E-state index in [-0.39, 0.29) is 29.9 Å². The number of hydrogen-bond donors (Lipinski definition) is 1. The van der Waals surface area contributed by atoms with Crippen molar-refractivity contribution in [3.63, 3.8) is 0 Å². The number of thiol groups is 1. The summed E-state index contributed by atoms with van der Waals surface area (Å²) in [6, 6.07) is 1.39. The fourth-order valence-corrected chi connectivity index (χ4v) is 3.67. The molecule has 1 aliphatic rings. The first-order valence-electron chi connectivity index (χ1n) is 4.52. The second kappa shape index (κ2) is 8.77. The number of rotatable bonds is 4. The fraction of sp³-hybridized carbons (Fsp3) is 0.875. The maximum Gasteiger partial charge on any atom is 0.0111 e. The molecule has 0 aliphatic carbocycles. The van der Waals surface area contributed by atoms with Crippen molar-refractivity contribution >= 4 is 22.1 Å². The van der Waals surface area contributed by atoms with Gasteiger partial charge in [-0.05, 0) is 18.6 Å². The molecule has 0 saturated carbocycles. The van der Waals surface area contributed by atoms with Crippen molar-refractivity contribution in [3.8, 4) is 0 Å². The standard InChI is InChI=1S/C8H17OSSi.Pd/c10-6-3-7-11-8-4-1-2-5-9-8;/h10H,1-7,11H2;/q-1;. The Morgan fingerprint density at radius 2 is 2.25 bits per heavy atom. The Morgan fingerprint density at radius 1 is 1.42 bits per heavy atom. The van der Waals surface area contributed by atoms with Crippen molar-refractivity contribution in [3.05, 3.63) is 5.73 Å². The van der Waals surface area contributed by atoms with Crippen molar-refractivity contribution in [2.75, 3.05) is 12.4 Å². The predicted octanol–water partition coefficient (Wildman–Crippen LogP) is 1.58. The van der Waals surface area contributed by atoms with E-state index in [1.54, 1.807) is 0 Å². The van der Waals surface area contributed by atoms with Gasteiger partial charge in [0, 0.05) is 27.0 Å². The van der Waals surface area contributed by atoms with Gasteiger partial charge in [0.25, 0.3) is 0 Å². The Morgan fingerprint density at radius 3 is 2.83 bits per heavy atom. The molecule has 0 bridgehead atoms. The minimum Gasteiger partial charge on any atom is -0.551 e. The van der Waals surface area contributed by atoms with Crippen LogP contribution in [0.25, 0.3) is 0 Å². The molecule has 1 heterocycles. The van der Waals surface area contributed by atoms with E-state index in [2.05, 4.69) is 12.6 Å². The van der Waals surface area contributed by atoms with E-state index >= 15 is 0 Å². The van der Waals surface area contributed by atoms with Gasteiger partial charge in [-0.2, -0.15) is 19.0 Å². The Balaban J connectivity index is 0.00000121. The summed E-state index contributed by atoms with van der Waals surface area (Å²) in [5.41, 5.74) is 1.47. The van der Waals surface area contributed by atoms with Crippen molar-refractivity contribution in [1.82, 2.24) is 0 Å². The van der Waals surface area contributed by atoms with E-state index in [0.29, 0.717) is 0 Å². The molecule has 0 aromatic carbocycles. The monoisotopic (exact) mass is 295 g/mol. The van der Waals surface area contributed by atoms with Crippen LogP contribution in [0.4, 0.5) is 0 Å². The summed E-state index contributed by atoms with van der Waals surface area (Å²) in [5.74, 6) is 1.04. The van der Waals surface area contributed by atoms with E-state index in [9.17, 15) is 0 Å². The Hall–Kier alpha value is 1.19. The predicted molar refractivity (Wildman–Crippen MR) is 54.9 cm³/mol. The van der Waals surface area contributed by atoms with Crippen LogP contribution in [0.5, 0.6) is 0 Å². The van der Waals surface area contributed by atoms with E-state index in [1.165, 1.54) is 37.5 Å². The van der Waals surface area contributed by atoms with Crippen LogP contribution >= 0.6 is 12.6 Å². The van der Waals surface area contributed by atoms with Crippen LogP contribution in [0, 0.1) is 5.73 Å². The quantitative estimate of drug-likeness (QED) is 0.359. The maximum absolute atomic E-state index is 5.58. The molecule has 1 rings (SSSR count). The van der Waals surface area contributed by atoms with Gasteiger partial charge in [0.15, 0.2) is 0 Å². The van der Waals surface area contributed by atoms with Gasteiger partial charge in [-0.1, -0.05) is 22.0 Å². The van der Waals surface area contributed by atoms with Crippen molar-refractivity contribution < 1.29 is 25.2 Å². The van der Waals surface area contributed by atoms with Gasteiger partial charge in [-0.3, -0.25) is 0 Å². The van der Waals surface area contributed by atoms with Crippen LogP contribution in [-0.4, -0.2) is 21.9 Å². The van der Waals surface area contributed by atoms with Crippen LogP contribution in [0.3, 0.4) is 0 Å². The van der Waals surface area contributed by atoms with Crippen LogP contribution in [0.2, 0.25) is 6.04 Å². The van der Waals surface area contributed by atoms with Crippen LogP contribution in [0.1, 0.15) is 25.7 Å². The Labute approximate surface area is 96.9 Å². The second-order valence-corrected chi connectivity index (χ2v) is 5.47. The van der Waals surface area contributed by atoms with Crippen LogP contribution < -0.4 is 0 Å². The number of ether oxygens (including phenoxy) is 1. The summed E-state index contributed by atoms with van der Waals surface area (Å²) >= 11 is 4.19. The van der Waals surface area contributed by atoms with Gasteiger partial charge in [-0.15, -0.1) is 0 Å². The molecule has 12 heavy (non-hydrogen) atoms. The molecule has 0 spiro atoms. The van der Waals surface area contributed by atoms with E-state index in [0.717, 1.165) is 12.4 Å². The molecular weight excluding hydrogens is 279 g/mol. The summed E-state index contributed by atoms with van der Waals surface area (Å²) in [7, 11) is 0.0000926. The molecular formula is C8H17OPdSSi-. The first kappa shape index (κ1) is 13.2. The topological polar surface area (TPSA) is 9.23 Å². The molecule has 0 amide bonds. The first-order chi connectivity index (χ1) is 5.43. The number of hydrogen-bond acceptors (Lipinski definition) is 2. The zero-order chi connectivity index (χ0) is 7.94. The molecule has 76 valence electrons. The van der Waals surface area contributed by atoms with Gasteiger partial charge in [0.1, 0.15) is 0 Å². The van der Waals surface area contributed by atoms with E-state index in [4.69, 9.17) is 4.74 Å². The summed E-state index contributed by atoms with van der Waals surface area (Å²) in [6.45, 7) is 0.989.